The molecule has 0 aliphatic rings. The molecule has 0 saturated heterocycles. The Hall–Kier alpha value is -0.420. The van der Waals surface area contributed by atoms with Crippen molar-refractivity contribution in [3.63, 3.8) is 0 Å². The topological polar surface area (TPSA) is 55.4 Å². The van der Waals surface area contributed by atoms with Crippen LogP contribution in [0.25, 0.3) is 0 Å². The first kappa shape index (κ1) is 15.6. The summed E-state index contributed by atoms with van der Waals surface area (Å²) >= 11 is -0.763. The van der Waals surface area contributed by atoms with Gasteiger partial charge in [-0.3, -0.25) is 0 Å². The van der Waals surface area contributed by atoms with Gasteiger partial charge in [-0.05, 0) is 12.8 Å². The molecule has 5 heteroatoms. The maximum Gasteiger partial charge on any atom is 0.317 e. The molecule has 1 atom stereocenters. The molecule has 0 bridgehead atoms. The summed E-state index contributed by atoms with van der Waals surface area (Å²) in [6.07, 6.45) is 4.42. The molecule has 0 rings (SSSR count). The van der Waals surface area contributed by atoms with Crippen LogP contribution in [0.15, 0.2) is 0 Å². The summed E-state index contributed by atoms with van der Waals surface area (Å²) in [6, 6.07) is 0.00517. The second-order valence-corrected chi connectivity index (χ2v) is 5.40. The smallest absolute Gasteiger partial charge is 0.317 e. The fourth-order valence-corrected chi connectivity index (χ4v) is 1.99. The van der Waals surface area contributed by atoms with E-state index in [0.717, 1.165) is 32.4 Å². The number of urea groups is 1. The highest BCUT2D eigenvalue weighted by atomic mass is 32.2. The van der Waals surface area contributed by atoms with E-state index in [1.54, 1.807) is 6.26 Å². The Labute approximate surface area is 102 Å². The van der Waals surface area contributed by atoms with Crippen LogP contribution in [-0.2, 0) is 11.2 Å². The number of carbonyl (C=O) groups excluding carboxylic acids is 1. The van der Waals surface area contributed by atoms with Gasteiger partial charge in [0.15, 0.2) is 0 Å². The van der Waals surface area contributed by atoms with Gasteiger partial charge in [-0.15, -0.1) is 0 Å². The predicted octanol–water partition coefficient (Wildman–Crippen LogP) is 1.59. The third-order valence-corrected chi connectivity index (χ3v) is 3.02. The minimum atomic E-state index is -0.763. The van der Waals surface area contributed by atoms with Crippen LogP contribution in [0.2, 0.25) is 0 Å². The Morgan fingerprint density at radius 2 is 1.88 bits per heavy atom. The van der Waals surface area contributed by atoms with Crippen molar-refractivity contribution >= 4 is 17.2 Å². The fraction of sp³-hybridized carbons (Fsp3) is 0.909. The van der Waals surface area contributed by atoms with Crippen LogP contribution in [0.1, 0.15) is 33.1 Å². The van der Waals surface area contributed by atoms with Crippen molar-refractivity contribution in [1.29, 1.82) is 0 Å². The maximum atomic E-state index is 11.7. The second-order valence-electron chi connectivity index (χ2n) is 3.85. The molecule has 2 amide bonds. The molecule has 0 aliphatic heterocycles. The van der Waals surface area contributed by atoms with Gasteiger partial charge in [-0.1, -0.05) is 25.0 Å². The molecule has 0 aliphatic carbocycles. The highest BCUT2D eigenvalue weighted by molar-refractivity contribution is 7.90. The molecule has 1 unspecified atom stereocenters. The Morgan fingerprint density at radius 3 is 2.31 bits per heavy atom. The van der Waals surface area contributed by atoms with Crippen LogP contribution < -0.4 is 5.32 Å². The van der Waals surface area contributed by atoms with E-state index in [-0.39, 0.29) is 6.03 Å². The normalized spacial score (nSPS) is 12.2. The summed E-state index contributed by atoms with van der Waals surface area (Å²) in [6.45, 7) is 6.35. The highest BCUT2D eigenvalue weighted by Gasteiger charge is 2.10. The third kappa shape index (κ3) is 7.82. The SMILES string of the molecule is CCCN(CCC)C(=O)NCCC[S+](C)[O-]. The standard InChI is InChI=1S/C11H24N2O2S/c1-4-8-13(9-5-2)11(14)12-7-6-10-16(3)15/h4-10H2,1-3H3,(H,12,14). The Morgan fingerprint density at radius 1 is 1.31 bits per heavy atom. The molecule has 0 aromatic heterocycles. The van der Waals surface area contributed by atoms with Gasteiger partial charge in [0.05, 0.1) is 6.26 Å². The van der Waals surface area contributed by atoms with Gasteiger partial charge in [0.25, 0.3) is 0 Å². The number of rotatable bonds is 8. The molecule has 16 heavy (non-hydrogen) atoms. The first-order valence-electron chi connectivity index (χ1n) is 5.94. The minimum Gasteiger partial charge on any atom is -0.617 e. The number of carbonyl (C=O) groups is 1. The van der Waals surface area contributed by atoms with Crippen molar-refractivity contribution in [2.75, 3.05) is 31.6 Å². The summed E-state index contributed by atoms with van der Waals surface area (Å²) in [7, 11) is 0. The van der Waals surface area contributed by atoms with E-state index in [1.165, 1.54) is 0 Å². The summed E-state index contributed by atoms with van der Waals surface area (Å²) < 4.78 is 10.8. The highest BCUT2D eigenvalue weighted by Crippen LogP contribution is 1.95. The van der Waals surface area contributed by atoms with Gasteiger partial charge in [-0.2, -0.15) is 0 Å². The fourth-order valence-electron chi connectivity index (χ4n) is 1.44. The van der Waals surface area contributed by atoms with E-state index in [0.29, 0.717) is 12.3 Å². The molecule has 4 nitrogen and oxygen atoms in total. The molecule has 96 valence electrons. The molecule has 0 fully saturated rings. The van der Waals surface area contributed by atoms with Crippen LogP contribution >= 0.6 is 0 Å². The third-order valence-electron chi connectivity index (χ3n) is 2.16. The van der Waals surface area contributed by atoms with Gasteiger partial charge in [0.1, 0.15) is 5.75 Å². The first-order valence-corrected chi connectivity index (χ1v) is 7.67. The van der Waals surface area contributed by atoms with Crippen molar-refractivity contribution in [2.45, 2.75) is 33.1 Å². The lowest BCUT2D eigenvalue weighted by Crippen LogP contribution is -2.41. The molecular formula is C11H24N2O2S. The van der Waals surface area contributed by atoms with E-state index >= 15 is 0 Å². The molecule has 0 radical (unpaired) electrons. The van der Waals surface area contributed by atoms with Crippen molar-refractivity contribution in [3.8, 4) is 0 Å². The summed E-state index contributed by atoms with van der Waals surface area (Å²) in [5, 5.41) is 2.86. The van der Waals surface area contributed by atoms with E-state index in [4.69, 9.17) is 0 Å². The second kappa shape index (κ2) is 9.78. The van der Waals surface area contributed by atoms with Crippen LogP contribution in [-0.4, -0.2) is 47.1 Å². The monoisotopic (exact) mass is 248 g/mol. The molecule has 0 saturated carbocycles. The zero-order chi connectivity index (χ0) is 12.4. The molecule has 1 N–H and O–H groups in total. The summed E-state index contributed by atoms with van der Waals surface area (Å²) in [5.74, 6) is 0.655. The number of amides is 2. The van der Waals surface area contributed by atoms with Crippen molar-refractivity contribution < 1.29 is 9.35 Å². The van der Waals surface area contributed by atoms with Crippen LogP contribution in [0, 0.1) is 0 Å². The average Bonchev–Trinajstić information content (AvgIpc) is 2.23. The lowest BCUT2D eigenvalue weighted by molar-refractivity contribution is 0.198. The largest absolute Gasteiger partial charge is 0.617 e. The maximum absolute atomic E-state index is 11.7. The Bertz CT molecular complexity index is 183. The van der Waals surface area contributed by atoms with Crippen LogP contribution in [0.4, 0.5) is 4.79 Å². The van der Waals surface area contributed by atoms with Gasteiger partial charge in [-0.25, -0.2) is 4.79 Å². The quantitative estimate of drug-likeness (QED) is 0.524. The number of nitrogens with one attached hydrogen (secondary N) is 1. The Balaban J connectivity index is 3.73. The van der Waals surface area contributed by atoms with E-state index in [1.807, 2.05) is 4.90 Å². The van der Waals surface area contributed by atoms with Gasteiger partial charge < -0.3 is 14.8 Å². The van der Waals surface area contributed by atoms with Crippen LogP contribution in [0.3, 0.4) is 0 Å². The number of hydrogen-bond acceptors (Lipinski definition) is 2. The number of hydrogen-bond donors (Lipinski definition) is 1. The number of nitrogens with zero attached hydrogens (tertiary/aromatic N) is 1. The molecule has 0 spiro atoms. The molecular weight excluding hydrogens is 224 g/mol. The van der Waals surface area contributed by atoms with E-state index in [9.17, 15) is 9.35 Å². The first-order chi connectivity index (χ1) is 7.61. The van der Waals surface area contributed by atoms with Crippen molar-refractivity contribution in [3.05, 3.63) is 0 Å². The molecule has 0 aromatic rings. The lowest BCUT2D eigenvalue weighted by atomic mass is 10.3. The van der Waals surface area contributed by atoms with Gasteiger partial charge in [0.2, 0.25) is 0 Å². The summed E-state index contributed by atoms with van der Waals surface area (Å²) in [4.78, 5) is 13.5. The lowest BCUT2D eigenvalue weighted by Gasteiger charge is -2.21. The zero-order valence-corrected chi connectivity index (χ0v) is 11.4. The van der Waals surface area contributed by atoms with E-state index < -0.39 is 11.2 Å². The minimum absolute atomic E-state index is 0.00517. The van der Waals surface area contributed by atoms with Crippen molar-refractivity contribution in [2.24, 2.45) is 0 Å². The molecule has 0 aromatic carbocycles. The van der Waals surface area contributed by atoms with Gasteiger partial charge in [0, 0.05) is 26.1 Å². The van der Waals surface area contributed by atoms with E-state index in [2.05, 4.69) is 19.2 Å². The molecule has 0 heterocycles. The predicted molar refractivity (Wildman–Crippen MR) is 69.1 cm³/mol. The average molecular weight is 248 g/mol. The van der Waals surface area contributed by atoms with Crippen LogP contribution in [0.5, 0.6) is 0 Å². The van der Waals surface area contributed by atoms with Crippen molar-refractivity contribution in [1.82, 2.24) is 10.2 Å². The summed E-state index contributed by atoms with van der Waals surface area (Å²) in [5.41, 5.74) is 0. The Kier molecular flexibility index (Phi) is 9.52. The zero-order valence-electron chi connectivity index (χ0n) is 10.6. The van der Waals surface area contributed by atoms with Gasteiger partial charge >= 0.3 is 6.03 Å².